The van der Waals surface area contributed by atoms with E-state index in [2.05, 4.69) is 24.3 Å². The maximum atomic E-state index is 13.7. The van der Waals surface area contributed by atoms with Gasteiger partial charge in [0, 0.05) is 5.92 Å². The molecule has 6 rings (SSSR count). The maximum absolute atomic E-state index is 13.7. The summed E-state index contributed by atoms with van der Waals surface area (Å²) in [5, 5.41) is 0. The van der Waals surface area contributed by atoms with E-state index >= 15 is 0 Å². The van der Waals surface area contributed by atoms with Crippen LogP contribution in [0.5, 0.6) is 0 Å². The predicted octanol–water partition coefficient (Wildman–Crippen LogP) is 5.63. The molecule has 2 bridgehead atoms. The molecule has 166 valence electrons. The molecule has 1 aliphatic carbocycles. The van der Waals surface area contributed by atoms with Crippen molar-refractivity contribution in [3.05, 3.63) is 101 Å². The molecule has 0 spiro atoms. The second kappa shape index (κ2) is 8.16. The van der Waals surface area contributed by atoms with Crippen LogP contribution in [0.2, 0.25) is 0 Å². The van der Waals surface area contributed by atoms with Gasteiger partial charge in [-0.1, -0.05) is 66.7 Å². The van der Waals surface area contributed by atoms with E-state index in [4.69, 9.17) is 9.47 Å². The SMILES string of the molecule is O=C(OCC1c2ccccc2-c2ccccc21)N1C2C=C(c3cccc(F)c3)CC1COC2. The number of hydrogen-bond acceptors (Lipinski definition) is 3. The number of nitrogens with zero attached hydrogens (tertiary/aromatic N) is 1. The molecule has 1 saturated heterocycles. The second-order valence-electron chi connectivity index (χ2n) is 8.88. The average molecular weight is 442 g/mol. The van der Waals surface area contributed by atoms with E-state index in [9.17, 15) is 9.18 Å². The normalized spacial score (nSPS) is 21.2. The van der Waals surface area contributed by atoms with Gasteiger partial charge in [-0.3, -0.25) is 4.90 Å². The molecule has 0 N–H and O–H groups in total. The quantitative estimate of drug-likeness (QED) is 0.529. The van der Waals surface area contributed by atoms with E-state index in [1.165, 1.54) is 28.3 Å². The number of fused-ring (bicyclic) bond motifs is 5. The van der Waals surface area contributed by atoms with Crippen molar-refractivity contribution in [2.75, 3.05) is 19.8 Å². The van der Waals surface area contributed by atoms with Crippen molar-refractivity contribution in [3.8, 4) is 11.1 Å². The lowest BCUT2D eigenvalue weighted by molar-refractivity contribution is -0.0331. The van der Waals surface area contributed by atoms with Gasteiger partial charge >= 0.3 is 6.09 Å². The zero-order chi connectivity index (χ0) is 22.4. The highest BCUT2D eigenvalue weighted by molar-refractivity contribution is 5.79. The van der Waals surface area contributed by atoms with Crippen LogP contribution in [0.15, 0.2) is 78.9 Å². The van der Waals surface area contributed by atoms with Crippen molar-refractivity contribution in [1.82, 2.24) is 4.90 Å². The van der Waals surface area contributed by atoms with Gasteiger partial charge in [0.1, 0.15) is 12.4 Å². The van der Waals surface area contributed by atoms with Gasteiger partial charge < -0.3 is 9.47 Å². The fourth-order valence-corrected chi connectivity index (χ4v) is 5.45. The number of rotatable bonds is 3. The Hall–Kier alpha value is -3.44. The van der Waals surface area contributed by atoms with Crippen LogP contribution in [0.1, 0.15) is 29.0 Å². The number of ether oxygens (including phenoxy) is 2. The largest absolute Gasteiger partial charge is 0.448 e. The van der Waals surface area contributed by atoms with Crippen molar-refractivity contribution < 1.29 is 18.7 Å². The Kier molecular flexibility index (Phi) is 4.99. The number of halogens is 1. The first-order valence-electron chi connectivity index (χ1n) is 11.4. The topological polar surface area (TPSA) is 38.8 Å². The van der Waals surface area contributed by atoms with Gasteiger partial charge in [0.2, 0.25) is 0 Å². The number of amides is 1. The molecule has 2 atom stereocenters. The smallest absolute Gasteiger partial charge is 0.410 e. The van der Waals surface area contributed by atoms with Crippen molar-refractivity contribution in [2.45, 2.75) is 24.4 Å². The standard InChI is InChI=1S/C28H24FNO3/c29-20-7-5-6-18(12-20)19-13-21-15-32-16-22(14-19)30(21)28(31)33-17-27-25-10-3-1-8-23(25)24-9-2-4-11-26(24)27/h1-13,21-22,27H,14-17H2. The molecule has 1 fully saturated rings. The molecule has 2 heterocycles. The Morgan fingerprint density at radius 2 is 1.70 bits per heavy atom. The van der Waals surface area contributed by atoms with Gasteiger partial charge in [0.25, 0.3) is 0 Å². The average Bonchev–Trinajstić information content (AvgIpc) is 3.15. The fourth-order valence-electron chi connectivity index (χ4n) is 5.45. The van der Waals surface area contributed by atoms with E-state index in [0.717, 1.165) is 11.1 Å². The van der Waals surface area contributed by atoms with E-state index < -0.39 is 0 Å². The Balaban J connectivity index is 1.22. The summed E-state index contributed by atoms with van der Waals surface area (Å²) in [4.78, 5) is 15.1. The highest BCUT2D eigenvalue weighted by Gasteiger charge is 2.40. The van der Waals surface area contributed by atoms with Gasteiger partial charge in [0.15, 0.2) is 0 Å². The molecule has 0 radical (unpaired) electrons. The number of benzene rings is 3. The molecular formula is C28H24FNO3. The molecule has 2 aliphatic heterocycles. The summed E-state index contributed by atoms with van der Waals surface area (Å²) < 4.78 is 25.4. The van der Waals surface area contributed by atoms with E-state index in [0.29, 0.717) is 26.2 Å². The Morgan fingerprint density at radius 3 is 2.39 bits per heavy atom. The highest BCUT2D eigenvalue weighted by atomic mass is 19.1. The molecule has 5 heteroatoms. The van der Waals surface area contributed by atoms with E-state index in [1.54, 1.807) is 17.0 Å². The Labute approximate surface area is 192 Å². The van der Waals surface area contributed by atoms with Gasteiger partial charge in [0.05, 0.1) is 25.3 Å². The molecule has 3 aromatic rings. The Bertz CT molecular complexity index is 1210. The predicted molar refractivity (Wildman–Crippen MR) is 124 cm³/mol. The van der Waals surface area contributed by atoms with Crippen LogP contribution in [-0.4, -0.2) is 42.9 Å². The molecule has 0 saturated carbocycles. The van der Waals surface area contributed by atoms with Gasteiger partial charge in [-0.15, -0.1) is 0 Å². The monoisotopic (exact) mass is 441 g/mol. The van der Waals surface area contributed by atoms with Crippen LogP contribution >= 0.6 is 0 Å². The molecule has 33 heavy (non-hydrogen) atoms. The highest BCUT2D eigenvalue weighted by Crippen LogP contribution is 2.44. The molecule has 4 nitrogen and oxygen atoms in total. The van der Waals surface area contributed by atoms with Crippen LogP contribution < -0.4 is 0 Å². The van der Waals surface area contributed by atoms with Gasteiger partial charge in [-0.2, -0.15) is 0 Å². The summed E-state index contributed by atoms with van der Waals surface area (Å²) in [6.45, 7) is 1.16. The number of carbonyl (C=O) groups excluding carboxylic acids is 1. The third-order valence-corrected chi connectivity index (χ3v) is 6.94. The number of hydrogen-bond donors (Lipinski definition) is 0. The lowest BCUT2D eigenvalue weighted by atomic mass is 9.90. The summed E-state index contributed by atoms with van der Waals surface area (Å²) in [6.07, 6.45) is 2.32. The molecular weight excluding hydrogens is 417 g/mol. The third-order valence-electron chi connectivity index (χ3n) is 6.94. The second-order valence-corrected chi connectivity index (χ2v) is 8.88. The summed E-state index contributed by atoms with van der Waals surface area (Å²) in [6, 6.07) is 22.9. The minimum atomic E-state index is -0.315. The zero-order valence-corrected chi connectivity index (χ0v) is 18.1. The number of morpholine rings is 1. The lowest BCUT2D eigenvalue weighted by Crippen LogP contribution is -2.56. The van der Waals surface area contributed by atoms with Crippen molar-refractivity contribution in [2.24, 2.45) is 0 Å². The summed E-state index contributed by atoms with van der Waals surface area (Å²) in [5.41, 5.74) is 6.72. The summed E-state index contributed by atoms with van der Waals surface area (Å²) >= 11 is 0. The lowest BCUT2D eigenvalue weighted by Gasteiger charge is -2.44. The molecule has 3 aliphatic rings. The zero-order valence-electron chi connectivity index (χ0n) is 18.1. The first-order valence-corrected chi connectivity index (χ1v) is 11.4. The minimum absolute atomic E-state index is 0.0284. The molecule has 0 aromatic heterocycles. The van der Waals surface area contributed by atoms with Crippen LogP contribution in [0.25, 0.3) is 16.7 Å². The van der Waals surface area contributed by atoms with E-state index in [1.807, 2.05) is 36.4 Å². The van der Waals surface area contributed by atoms with Crippen molar-refractivity contribution in [3.63, 3.8) is 0 Å². The third kappa shape index (κ3) is 3.53. The maximum Gasteiger partial charge on any atom is 0.410 e. The van der Waals surface area contributed by atoms with Crippen LogP contribution in [0.3, 0.4) is 0 Å². The fraction of sp³-hybridized carbons (Fsp3) is 0.250. The van der Waals surface area contributed by atoms with Crippen LogP contribution in [0.4, 0.5) is 9.18 Å². The van der Waals surface area contributed by atoms with Crippen molar-refractivity contribution in [1.29, 1.82) is 0 Å². The van der Waals surface area contributed by atoms with Gasteiger partial charge in [-0.25, -0.2) is 9.18 Å². The molecule has 1 amide bonds. The Morgan fingerprint density at radius 1 is 0.970 bits per heavy atom. The first kappa shape index (κ1) is 20.2. The van der Waals surface area contributed by atoms with Crippen LogP contribution in [0, 0.1) is 5.82 Å². The van der Waals surface area contributed by atoms with Gasteiger partial charge in [-0.05, 0) is 51.9 Å². The van der Waals surface area contributed by atoms with Crippen LogP contribution in [-0.2, 0) is 9.47 Å². The van der Waals surface area contributed by atoms with Crippen molar-refractivity contribution >= 4 is 11.7 Å². The first-order chi connectivity index (χ1) is 16.2. The number of carbonyl (C=O) groups is 1. The molecule has 3 aromatic carbocycles. The summed E-state index contributed by atoms with van der Waals surface area (Å²) in [5.74, 6) is -0.227. The minimum Gasteiger partial charge on any atom is -0.448 e. The van der Waals surface area contributed by atoms with E-state index in [-0.39, 0.29) is 29.9 Å². The summed E-state index contributed by atoms with van der Waals surface area (Å²) in [7, 11) is 0. The molecule has 2 unspecified atom stereocenters.